The minimum atomic E-state index is -0.100. The summed E-state index contributed by atoms with van der Waals surface area (Å²) in [6.45, 7) is 4.97. The Labute approximate surface area is 182 Å². The van der Waals surface area contributed by atoms with Gasteiger partial charge in [-0.2, -0.15) is 5.10 Å². The maximum atomic E-state index is 13.3. The summed E-state index contributed by atoms with van der Waals surface area (Å²) in [5.74, 6) is 0.531. The molecule has 7 heteroatoms. The molecule has 7 nitrogen and oxygen atoms in total. The number of hydrogen-bond donors (Lipinski definition) is 1. The molecule has 1 fully saturated rings. The molecule has 1 unspecified atom stereocenters. The van der Waals surface area contributed by atoms with E-state index in [1.54, 1.807) is 28.9 Å². The number of rotatable bonds is 6. The van der Waals surface area contributed by atoms with E-state index in [0.717, 1.165) is 23.7 Å². The minimum Gasteiger partial charge on any atom is -0.491 e. The second-order valence-corrected chi connectivity index (χ2v) is 8.25. The van der Waals surface area contributed by atoms with Gasteiger partial charge in [0.05, 0.1) is 11.6 Å². The number of likely N-dealkylation sites (tertiary alicyclic amines) is 1. The highest BCUT2D eigenvalue weighted by Gasteiger charge is 2.32. The Hall–Kier alpha value is -3.35. The number of carbonyl (C=O) groups is 2. The first-order chi connectivity index (χ1) is 14.9. The molecule has 162 valence electrons. The molecule has 0 radical (unpaired) electrons. The SMILES string of the molecule is CC(C)NC(=O)c1ccc(OCC2CCCN2C(=O)c2nn(C)c3ccccc23)cc1. The lowest BCUT2D eigenvalue weighted by Crippen LogP contribution is -2.39. The Morgan fingerprint density at radius 2 is 1.90 bits per heavy atom. The van der Waals surface area contributed by atoms with Gasteiger partial charge in [-0.15, -0.1) is 0 Å². The van der Waals surface area contributed by atoms with Crippen LogP contribution in [0.15, 0.2) is 48.5 Å². The number of aromatic nitrogens is 2. The van der Waals surface area contributed by atoms with Gasteiger partial charge >= 0.3 is 0 Å². The van der Waals surface area contributed by atoms with Gasteiger partial charge in [0.15, 0.2) is 5.69 Å². The molecule has 1 N–H and O–H groups in total. The maximum Gasteiger partial charge on any atom is 0.275 e. The van der Waals surface area contributed by atoms with Crippen molar-refractivity contribution < 1.29 is 14.3 Å². The zero-order chi connectivity index (χ0) is 22.0. The third kappa shape index (κ3) is 4.40. The third-order valence-electron chi connectivity index (χ3n) is 5.58. The van der Waals surface area contributed by atoms with E-state index in [9.17, 15) is 9.59 Å². The van der Waals surface area contributed by atoms with Gasteiger partial charge in [-0.25, -0.2) is 0 Å². The first-order valence-corrected chi connectivity index (χ1v) is 10.7. The van der Waals surface area contributed by atoms with Gasteiger partial charge in [0.2, 0.25) is 0 Å². The fraction of sp³-hybridized carbons (Fsp3) is 0.375. The van der Waals surface area contributed by atoms with Crippen molar-refractivity contribution in [2.24, 2.45) is 7.05 Å². The number of amides is 2. The van der Waals surface area contributed by atoms with Crippen molar-refractivity contribution in [2.75, 3.05) is 13.2 Å². The molecule has 1 saturated heterocycles. The number of benzene rings is 2. The molecular weight excluding hydrogens is 392 g/mol. The molecule has 0 saturated carbocycles. The smallest absolute Gasteiger partial charge is 0.275 e. The first kappa shape index (κ1) is 20.9. The standard InChI is InChI=1S/C24H28N4O3/c1-16(2)25-23(29)17-10-12-19(13-11-17)31-15-18-7-6-14-28(18)24(30)22-20-8-4-5-9-21(20)27(3)26-22/h4-5,8-13,16,18H,6-7,14-15H2,1-3H3,(H,25,29). The van der Waals surface area contributed by atoms with Crippen LogP contribution in [0.4, 0.5) is 0 Å². The van der Waals surface area contributed by atoms with Crippen LogP contribution < -0.4 is 10.1 Å². The molecular formula is C24H28N4O3. The number of ether oxygens (including phenoxy) is 1. The zero-order valence-corrected chi connectivity index (χ0v) is 18.2. The van der Waals surface area contributed by atoms with Gasteiger partial charge in [-0.05, 0) is 57.0 Å². The van der Waals surface area contributed by atoms with Crippen molar-refractivity contribution in [3.8, 4) is 5.75 Å². The third-order valence-corrected chi connectivity index (χ3v) is 5.58. The van der Waals surface area contributed by atoms with Gasteiger partial charge in [0.25, 0.3) is 11.8 Å². The molecule has 2 amide bonds. The molecule has 1 aliphatic rings. The van der Waals surface area contributed by atoms with E-state index in [2.05, 4.69) is 10.4 Å². The van der Waals surface area contributed by atoms with E-state index in [0.29, 0.717) is 30.2 Å². The number of fused-ring (bicyclic) bond motifs is 1. The summed E-state index contributed by atoms with van der Waals surface area (Å²) < 4.78 is 7.71. The van der Waals surface area contributed by atoms with Gasteiger partial charge in [-0.1, -0.05) is 18.2 Å². The van der Waals surface area contributed by atoms with Crippen molar-refractivity contribution in [2.45, 2.75) is 38.8 Å². The molecule has 0 spiro atoms. The Morgan fingerprint density at radius 1 is 1.16 bits per heavy atom. The van der Waals surface area contributed by atoms with Crippen LogP contribution in [0.25, 0.3) is 10.9 Å². The van der Waals surface area contributed by atoms with E-state index >= 15 is 0 Å². The molecule has 1 aromatic heterocycles. The summed E-state index contributed by atoms with van der Waals surface area (Å²) in [4.78, 5) is 27.2. The van der Waals surface area contributed by atoms with Crippen LogP contribution in [0.3, 0.4) is 0 Å². The Morgan fingerprint density at radius 3 is 2.65 bits per heavy atom. The number of nitrogens with one attached hydrogen (secondary N) is 1. The zero-order valence-electron chi connectivity index (χ0n) is 18.2. The number of carbonyl (C=O) groups excluding carboxylic acids is 2. The quantitative estimate of drug-likeness (QED) is 0.663. The molecule has 1 aliphatic heterocycles. The van der Waals surface area contributed by atoms with E-state index < -0.39 is 0 Å². The molecule has 1 atom stereocenters. The Bertz CT molecular complexity index is 1090. The second kappa shape index (κ2) is 8.79. The normalized spacial score (nSPS) is 16.1. The molecule has 2 aromatic carbocycles. The average Bonchev–Trinajstić information content (AvgIpc) is 3.36. The summed E-state index contributed by atoms with van der Waals surface area (Å²) in [7, 11) is 1.86. The van der Waals surface area contributed by atoms with Crippen LogP contribution in [0.5, 0.6) is 5.75 Å². The van der Waals surface area contributed by atoms with E-state index in [1.807, 2.05) is 50.1 Å². The topological polar surface area (TPSA) is 76.5 Å². The lowest BCUT2D eigenvalue weighted by Gasteiger charge is -2.24. The number of para-hydroxylation sites is 1. The van der Waals surface area contributed by atoms with Gasteiger partial charge in [-0.3, -0.25) is 14.3 Å². The molecule has 4 rings (SSSR count). The molecule has 3 aromatic rings. The van der Waals surface area contributed by atoms with Crippen LogP contribution in [0, 0.1) is 0 Å². The predicted molar refractivity (Wildman–Crippen MR) is 119 cm³/mol. The summed E-state index contributed by atoms with van der Waals surface area (Å²) in [5.41, 5.74) is 2.03. The summed E-state index contributed by atoms with van der Waals surface area (Å²) in [6, 6.07) is 15.0. The van der Waals surface area contributed by atoms with Crippen molar-refractivity contribution in [3.63, 3.8) is 0 Å². The first-order valence-electron chi connectivity index (χ1n) is 10.7. The fourth-order valence-electron chi connectivity index (χ4n) is 4.02. The number of hydrogen-bond acceptors (Lipinski definition) is 4. The predicted octanol–water partition coefficient (Wildman–Crippen LogP) is 3.40. The van der Waals surface area contributed by atoms with Crippen LogP contribution in [0.2, 0.25) is 0 Å². The maximum absolute atomic E-state index is 13.3. The second-order valence-electron chi connectivity index (χ2n) is 8.25. The lowest BCUT2D eigenvalue weighted by atomic mass is 10.1. The van der Waals surface area contributed by atoms with E-state index in [-0.39, 0.29) is 23.9 Å². The minimum absolute atomic E-state index is 0.00261. The van der Waals surface area contributed by atoms with E-state index in [1.165, 1.54) is 0 Å². The van der Waals surface area contributed by atoms with Gasteiger partial charge in [0.1, 0.15) is 12.4 Å². The highest BCUT2D eigenvalue weighted by atomic mass is 16.5. The van der Waals surface area contributed by atoms with Crippen LogP contribution in [0.1, 0.15) is 47.5 Å². The van der Waals surface area contributed by atoms with Crippen LogP contribution >= 0.6 is 0 Å². The van der Waals surface area contributed by atoms with Crippen LogP contribution in [-0.4, -0.2) is 51.7 Å². The number of nitrogens with zero attached hydrogens (tertiary/aromatic N) is 3. The summed E-state index contributed by atoms with van der Waals surface area (Å²) in [6.07, 6.45) is 1.84. The largest absolute Gasteiger partial charge is 0.491 e. The Kier molecular flexibility index (Phi) is 5.93. The van der Waals surface area contributed by atoms with Crippen LogP contribution in [-0.2, 0) is 7.05 Å². The molecule has 0 bridgehead atoms. The average molecular weight is 421 g/mol. The summed E-state index contributed by atoms with van der Waals surface area (Å²) in [5, 5.41) is 8.22. The molecule has 31 heavy (non-hydrogen) atoms. The van der Waals surface area contributed by atoms with Gasteiger partial charge in [0, 0.05) is 30.6 Å². The highest BCUT2D eigenvalue weighted by molar-refractivity contribution is 6.05. The van der Waals surface area contributed by atoms with E-state index in [4.69, 9.17) is 4.74 Å². The fourth-order valence-corrected chi connectivity index (χ4v) is 4.02. The van der Waals surface area contributed by atoms with Gasteiger partial charge < -0.3 is 15.0 Å². The van der Waals surface area contributed by atoms with Crippen molar-refractivity contribution >= 4 is 22.7 Å². The van der Waals surface area contributed by atoms with Crippen molar-refractivity contribution in [1.82, 2.24) is 20.0 Å². The monoisotopic (exact) mass is 420 g/mol. The Balaban J connectivity index is 1.42. The van der Waals surface area contributed by atoms with Crippen molar-refractivity contribution in [1.29, 1.82) is 0 Å². The highest BCUT2D eigenvalue weighted by Crippen LogP contribution is 2.25. The summed E-state index contributed by atoms with van der Waals surface area (Å²) >= 11 is 0. The molecule has 0 aliphatic carbocycles. The lowest BCUT2D eigenvalue weighted by molar-refractivity contribution is 0.0686. The van der Waals surface area contributed by atoms with Crippen molar-refractivity contribution in [3.05, 3.63) is 59.8 Å². The molecule has 2 heterocycles. The number of aryl methyl sites for hydroxylation is 1.